The molecule has 2 aromatic rings. The number of carboxylic acids is 1. The zero-order chi connectivity index (χ0) is 17.3. The van der Waals surface area contributed by atoms with Gasteiger partial charge in [0, 0.05) is 5.69 Å². The number of carbonyl (C=O) groups is 3. The summed E-state index contributed by atoms with van der Waals surface area (Å²) in [5.74, 6) is -1.63. The molecule has 2 aromatic carbocycles. The van der Waals surface area contributed by atoms with Crippen LogP contribution in [0, 0.1) is 6.92 Å². The molecule has 24 heavy (non-hydrogen) atoms. The third kappa shape index (κ3) is 3.11. The smallest absolute Gasteiger partial charge is 0.295 e. The molecular formula is C17H13N2O4S-. The number of hydrogen-bond donors (Lipinski definition) is 1. The summed E-state index contributed by atoms with van der Waals surface area (Å²) in [4.78, 5) is 36.5. The SMILES string of the molecule is Cc1ccc(N2C(=O)S[C@H](Nc3ccc(C(=O)[O-])cc3)C2=O)cc1. The maximum Gasteiger partial charge on any atom is 0.295 e. The monoisotopic (exact) mass is 341 g/mol. The molecule has 1 atom stereocenters. The van der Waals surface area contributed by atoms with Gasteiger partial charge in [-0.3, -0.25) is 9.59 Å². The number of nitrogens with zero attached hydrogens (tertiary/aromatic N) is 1. The lowest BCUT2D eigenvalue weighted by Crippen LogP contribution is -2.34. The maximum atomic E-state index is 12.5. The molecule has 0 bridgehead atoms. The van der Waals surface area contributed by atoms with E-state index in [4.69, 9.17) is 0 Å². The second-order valence-electron chi connectivity index (χ2n) is 5.28. The van der Waals surface area contributed by atoms with E-state index in [1.165, 1.54) is 24.3 Å². The van der Waals surface area contributed by atoms with Crippen LogP contribution in [0.3, 0.4) is 0 Å². The van der Waals surface area contributed by atoms with Crippen molar-refractivity contribution in [2.24, 2.45) is 0 Å². The fourth-order valence-electron chi connectivity index (χ4n) is 2.28. The second kappa shape index (κ2) is 6.37. The van der Waals surface area contributed by atoms with E-state index >= 15 is 0 Å². The summed E-state index contributed by atoms with van der Waals surface area (Å²) in [6, 6.07) is 12.9. The molecule has 3 rings (SSSR count). The van der Waals surface area contributed by atoms with E-state index in [9.17, 15) is 19.5 Å². The van der Waals surface area contributed by atoms with Crippen LogP contribution in [0.1, 0.15) is 15.9 Å². The Morgan fingerprint density at radius 2 is 1.71 bits per heavy atom. The van der Waals surface area contributed by atoms with Crippen molar-refractivity contribution in [3.05, 3.63) is 59.7 Å². The van der Waals surface area contributed by atoms with Crippen molar-refractivity contribution in [2.45, 2.75) is 12.3 Å². The largest absolute Gasteiger partial charge is 0.545 e. The zero-order valence-electron chi connectivity index (χ0n) is 12.7. The van der Waals surface area contributed by atoms with Gasteiger partial charge in [0.2, 0.25) is 0 Å². The summed E-state index contributed by atoms with van der Waals surface area (Å²) >= 11 is 0.884. The van der Waals surface area contributed by atoms with Gasteiger partial charge in [-0.2, -0.15) is 0 Å². The number of thioether (sulfide) groups is 1. The quantitative estimate of drug-likeness (QED) is 0.915. The lowest BCUT2D eigenvalue weighted by Gasteiger charge is -2.15. The number of carbonyl (C=O) groups excluding carboxylic acids is 3. The number of carboxylic acid groups (broad SMARTS) is 1. The van der Waals surface area contributed by atoms with Crippen molar-refractivity contribution in [3.8, 4) is 0 Å². The molecule has 0 aliphatic carbocycles. The van der Waals surface area contributed by atoms with Crippen LogP contribution >= 0.6 is 11.8 Å². The van der Waals surface area contributed by atoms with Crippen molar-refractivity contribution >= 4 is 40.3 Å². The highest BCUT2D eigenvalue weighted by Crippen LogP contribution is 2.32. The lowest BCUT2D eigenvalue weighted by molar-refractivity contribution is -0.255. The van der Waals surface area contributed by atoms with E-state index < -0.39 is 11.3 Å². The Hall–Kier alpha value is -2.80. The van der Waals surface area contributed by atoms with Crippen molar-refractivity contribution in [2.75, 3.05) is 10.2 Å². The highest BCUT2D eigenvalue weighted by atomic mass is 32.2. The van der Waals surface area contributed by atoms with Crippen molar-refractivity contribution in [1.82, 2.24) is 0 Å². The molecule has 1 aliphatic rings. The first kappa shape index (κ1) is 16.1. The predicted octanol–water partition coefficient (Wildman–Crippen LogP) is 2.00. The molecule has 1 saturated heterocycles. The fraction of sp³-hybridized carbons (Fsp3) is 0.118. The average Bonchev–Trinajstić information content (AvgIpc) is 2.83. The number of benzene rings is 2. The van der Waals surface area contributed by atoms with Crippen LogP contribution in [-0.2, 0) is 4.79 Å². The predicted molar refractivity (Wildman–Crippen MR) is 89.8 cm³/mol. The first-order valence-corrected chi connectivity index (χ1v) is 8.03. The molecule has 1 N–H and O–H groups in total. The Bertz CT molecular complexity index is 802. The van der Waals surface area contributed by atoms with Gasteiger partial charge in [0.25, 0.3) is 11.1 Å². The number of imide groups is 1. The number of aromatic carboxylic acids is 1. The highest BCUT2D eigenvalue weighted by molar-refractivity contribution is 8.16. The summed E-state index contributed by atoms with van der Waals surface area (Å²) in [6.45, 7) is 1.92. The summed E-state index contributed by atoms with van der Waals surface area (Å²) < 4.78 is 0. The lowest BCUT2D eigenvalue weighted by atomic mass is 10.2. The van der Waals surface area contributed by atoms with Crippen LogP contribution in [0.2, 0.25) is 0 Å². The van der Waals surface area contributed by atoms with Crippen molar-refractivity contribution in [1.29, 1.82) is 0 Å². The van der Waals surface area contributed by atoms with E-state index in [1.54, 1.807) is 12.1 Å². The van der Waals surface area contributed by atoms with Crippen LogP contribution in [0.5, 0.6) is 0 Å². The molecule has 1 heterocycles. The summed E-state index contributed by atoms with van der Waals surface area (Å²) in [5.41, 5.74) is 2.15. The molecule has 122 valence electrons. The van der Waals surface area contributed by atoms with E-state index in [1.807, 2.05) is 19.1 Å². The van der Waals surface area contributed by atoms with Gasteiger partial charge in [0.15, 0.2) is 5.37 Å². The molecule has 1 aliphatic heterocycles. The number of aryl methyl sites for hydroxylation is 1. The Morgan fingerprint density at radius 3 is 2.29 bits per heavy atom. The number of hydrogen-bond acceptors (Lipinski definition) is 6. The molecule has 2 amide bonds. The first-order valence-electron chi connectivity index (χ1n) is 7.15. The molecule has 0 unspecified atom stereocenters. The van der Waals surface area contributed by atoms with Gasteiger partial charge >= 0.3 is 0 Å². The Balaban J connectivity index is 1.76. The summed E-state index contributed by atoms with van der Waals surface area (Å²) in [5, 5.41) is 12.6. The van der Waals surface area contributed by atoms with E-state index in [0.717, 1.165) is 22.2 Å². The van der Waals surface area contributed by atoms with Crippen molar-refractivity contribution < 1.29 is 19.5 Å². The van der Waals surface area contributed by atoms with Crippen LogP contribution in [0.15, 0.2) is 48.5 Å². The van der Waals surface area contributed by atoms with Crippen LogP contribution in [0.4, 0.5) is 16.2 Å². The number of nitrogens with one attached hydrogen (secondary N) is 1. The maximum absolute atomic E-state index is 12.5. The molecule has 1 fully saturated rings. The molecular weight excluding hydrogens is 328 g/mol. The fourth-order valence-corrected chi connectivity index (χ4v) is 3.19. The molecule has 6 nitrogen and oxygen atoms in total. The van der Waals surface area contributed by atoms with Gasteiger partial charge < -0.3 is 15.2 Å². The van der Waals surface area contributed by atoms with Crippen LogP contribution in [0.25, 0.3) is 0 Å². The van der Waals surface area contributed by atoms with Gasteiger partial charge in [0.05, 0.1) is 11.7 Å². The third-order valence-corrected chi connectivity index (χ3v) is 4.50. The minimum atomic E-state index is -1.27. The summed E-state index contributed by atoms with van der Waals surface area (Å²) in [7, 11) is 0. The van der Waals surface area contributed by atoms with E-state index in [-0.39, 0.29) is 16.7 Å². The molecule has 0 aromatic heterocycles. The standard InChI is InChI=1S/C17H14N2O4S/c1-10-2-8-13(9-3-10)19-15(20)14(24-17(19)23)18-12-6-4-11(5-7-12)16(21)22/h2-9,14,18H,1H3,(H,21,22)/p-1/t14-/m0/s1. The molecule has 0 saturated carbocycles. The Labute approximate surface area is 142 Å². The number of anilines is 2. The van der Waals surface area contributed by atoms with Gasteiger partial charge in [-0.1, -0.05) is 29.8 Å². The summed E-state index contributed by atoms with van der Waals surface area (Å²) in [6.07, 6.45) is 0. The Morgan fingerprint density at radius 1 is 1.08 bits per heavy atom. The molecule has 7 heteroatoms. The number of amides is 2. The van der Waals surface area contributed by atoms with Gasteiger partial charge in [0.1, 0.15) is 0 Å². The topological polar surface area (TPSA) is 89.5 Å². The highest BCUT2D eigenvalue weighted by Gasteiger charge is 2.40. The average molecular weight is 341 g/mol. The van der Waals surface area contributed by atoms with Gasteiger partial charge in [-0.15, -0.1) is 0 Å². The van der Waals surface area contributed by atoms with Crippen LogP contribution < -0.4 is 15.3 Å². The van der Waals surface area contributed by atoms with E-state index in [0.29, 0.717) is 11.4 Å². The third-order valence-electron chi connectivity index (χ3n) is 3.56. The van der Waals surface area contributed by atoms with Crippen molar-refractivity contribution in [3.63, 3.8) is 0 Å². The van der Waals surface area contributed by atoms with Crippen LogP contribution in [-0.4, -0.2) is 22.5 Å². The zero-order valence-corrected chi connectivity index (χ0v) is 13.5. The molecule has 0 radical (unpaired) electrons. The first-order chi connectivity index (χ1) is 11.5. The van der Waals surface area contributed by atoms with E-state index in [2.05, 4.69) is 5.32 Å². The number of rotatable bonds is 4. The normalized spacial score (nSPS) is 17.2. The Kier molecular flexibility index (Phi) is 4.26. The molecule has 0 spiro atoms. The van der Waals surface area contributed by atoms with Gasteiger partial charge in [-0.25, -0.2) is 4.90 Å². The minimum absolute atomic E-state index is 0.0447. The van der Waals surface area contributed by atoms with Gasteiger partial charge in [-0.05, 0) is 48.5 Å². The second-order valence-corrected chi connectivity index (χ2v) is 6.34. The minimum Gasteiger partial charge on any atom is -0.545 e.